The van der Waals surface area contributed by atoms with E-state index in [0.717, 1.165) is 22.4 Å². The van der Waals surface area contributed by atoms with Crippen molar-refractivity contribution in [3.8, 4) is 17.3 Å². The second kappa shape index (κ2) is 8.73. The Balaban J connectivity index is 1.44. The van der Waals surface area contributed by atoms with Gasteiger partial charge in [-0.3, -0.25) is 9.89 Å². The number of halogens is 1. The van der Waals surface area contributed by atoms with Gasteiger partial charge < -0.3 is 10.2 Å². The highest BCUT2D eigenvalue weighted by atomic mass is 35.5. The highest BCUT2D eigenvalue weighted by Gasteiger charge is 2.29. The Morgan fingerprint density at radius 2 is 2.15 bits per heavy atom. The van der Waals surface area contributed by atoms with Gasteiger partial charge in [0.1, 0.15) is 6.07 Å². The number of fused-ring (bicyclic) bond motifs is 1. The number of carbonyl (C=O) groups is 1. The molecule has 162 valence electrons. The fourth-order valence-corrected chi connectivity index (χ4v) is 4.16. The topological polar surface area (TPSA) is 111 Å². The van der Waals surface area contributed by atoms with Crippen LogP contribution in [0, 0.1) is 11.3 Å². The monoisotopic (exact) mass is 455 g/mol. The van der Waals surface area contributed by atoms with Crippen LogP contribution in [0.4, 0.5) is 17.3 Å². The van der Waals surface area contributed by atoms with Gasteiger partial charge in [0.2, 0.25) is 11.9 Å². The number of hydrogen-bond donors (Lipinski definition) is 2. The average molecular weight is 456 g/mol. The molecule has 0 spiro atoms. The molecular weight excluding hydrogens is 438 g/mol. The summed E-state index contributed by atoms with van der Waals surface area (Å²) in [5.74, 6) is 0.337. The maximum absolute atomic E-state index is 13.1. The predicted molar refractivity (Wildman–Crippen MR) is 125 cm³/mol. The number of amides is 1. The van der Waals surface area contributed by atoms with Gasteiger partial charge in [0.15, 0.2) is 0 Å². The molecule has 2 N–H and O–H groups in total. The number of rotatable bonds is 5. The van der Waals surface area contributed by atoms with Crippen molar-refractivity contribution in [1.82, 2.24) is 20.2 Å². The molecular formula is C24H18ClN7O. The number of carbonyl (C=O) groups excluding carboxylic acids is 1. The van der Waals surface area contributed by atoms with Crippen LogP contribution >= 0.6 is 11.6 Å². The first kappa shape index (κ1) is 20.7. The lowest BCUT2D eigenvalue weighted by Gasteiger charge is -2.19. The zero-order valence-corrected chi connectivity index (χ0v) is 18.2. The average Bonchev–Trinajstić information content (AvgIpc) is 3.50. The van der Waals surface area contributed by atoms with E-state index >= 15 is 0 Å². The third kappa shape index (κ3) is 4.14. The summed E-state index contributed by atoms with van der Waals surface area (Å²) in [5, 5.41) is 20.1. The van der Waals surface area contributed by atoms with E-state index in [0.29, 0.717) is 40.9 Å². The minimum Gasteiger partial charge on any atom is -0.321 e. The molecule has 1 aliphatic heterocycles. The van der Waals surface area contributed by atoms with Crippen LogP contribution in [0.2, 0.25) is 5.02 Å². The van der Waals surface area contributed by atoms with Crippen LogP contribution in [-0.2, 0) is 17.6 Å². The highest BCUT2D eigenvalue weighted by Crippen LogP contribution is 2.36. The maximum Gasteiger partial charge on any atom is 0.231 e. The summed E-state index contributed by atoms with van der Waals surface area (Å²) in [6.07, 6.45) is 5.84. The molecule has 0 fully saturated rings. The second-order valence-electron chi connectivity index (χ2n) is 7.58. The lowest BCUT2D eigenvalue weighted by atomic mass is 10.0. The van der Waals surface area contributed by atoms with Crippen LogP contribution < -0.4 is 10.2 Å². The fraction of sp³-hybridized carbons (Fsp3) is 0.125. The molecule has 1 aliphatic rings. The molecule has 0 saturated carbocycles. The number of nitrogens with zero attached hydrogens (tertiary/aromatic N) is 5. The number of nitrogens with one attached hydrogen (secondary N) is 2. The quantitative estimate of drug-likeness (QED) is 0.465. The Morgan fingerprint density at radius 1 is 1.27 bits per heavy atom. The Morgan fingerprint density at radius 3 is 2.94 bits per heavy atom. The zero-order valence-electron chi connectivity index (χ0n) is 17.4. The first-order valence-electron chi connectivity index (χ1n) is 10.3. The lowest BCUT2D eigenvalue weighted by Crippen LogP contribution is -2.31. The second-order valence-corrected chi connectivity index (χ2v) is 7.99. The van der Waals surface area contributed by atoms with Gasteiger partial charge in [0.05, 0.1) is 35.2 Å². The molecule has 0 aliphatic carbocycles. The van der Waals surface area contributed by atoms with E-state index in [1.54, 1.807) is 41.7 Å². The van der Waals surface area contributed by atoms with E-state index in [9.17, 15) is 10.1 Å². The van der Waals surface area contributed by atoms with Gasteiger partial charge in [-0.25, -0.2) is 9.97 Å². The predicted octanol–water partition coefficient (Wildman–Crippen LogP) is 4.27. The third-order valence-corrected chi connectivity index (χ3v) is 5.86. The van der Waals surface area contributed by atoms with Crippen molar-refractivity contribution in [1.29, 1.82) is 5.26 Å². The van der Waals surface area contributed by atoms with E-state index in [2.05, 4.69) is 31.6 Å². The molecule has 5 rings (SSSR count). The molecule has 3 heterocycles. The van der Waals surface area contributed by atoms with Crippen LogP contribution in [0.15, 0.2) is 61.1 Å². The van der Waals surface area contributed by atoms with Crippen LogP contribution in [-0.4, -0.2) is 32.6 Å². The van der Waals surface area contributed by atoms with Crippen molar-refractivity contribution in [2.75, 3.05) is 16.8 Å². The first-order valence-corrected chi connectivity index (χ1v) is 10.7. The molecule has 33 heavy (non-hydrogen) atoms. The summed E-state index contributed by atoms with van der Waals surface area (Å²) in [4.78, 5) is 23.6. The third-order valence-electron chi connectivity index (χ3n) is 5.49. The van der Waals surface area contributed by atoms with Gasteiger partial charge >= 0.3 is 0 Å². The van der Waals surface area contributed by atoms with Gasteiger partial charge in [-0.05, 0) is 41.8 Å². The first-order chi connectivity index (χ1) is 16.1. The van der Waals surface area contributed by atoms with Crippen LogP contribution in [0.1, 0.15) is 16.7 Å². The molecule has 0 radical (unpaired) electrons. The smallest absolute Gasteiger partial charge is 0.231 e. The standard InChI is InChI=1S/C24H18ClN7O/c25-20-4-2-1-3-15(20)11-22(33)32-8-6-16-9-17(10-18(12-26)23(16)32)21-5-7-27-24(31-21)30-19-13-28-29-14-19/h1-5,7,9-10,13-14H,6,8,11H2,(H,28,29)(H,27,30,31). The van der Waals surface area contributed by atoms with Gasteiger partial charge in [-0.15, -0.1) is 0 Å². The largest absolute Gasteiger partial charge is 0.321 e. The van der Waals surface area contributed by atoms with E-state index in [1.165, 1.54) is 0 Å². The molecule has 0 bridgehead atoms. The Bertz CT molecular complexity index is 1380. The van der Waals surface area contributed by atoms with Crippen molar-refractivity contribution >= 4 is 34.8 Å². The number of H-pyrrole nitrogens is 1. The van der Waals surface area contributed by atoms with E-state index < -0.39 is 0 Å². The Hall–Kier alpha value is -4.22. The maximum atomic E-state index is 13.1. The molecule has 8 nitrogen and oxygen atoms in total. The van der Waals surface area contributed by atoms with Crippen LogP contribution in [0.3, 0.4) is 0 Å². The number of benzene rings is 2. The minimum absolute atomic E-state index is 0.0836. The number of nitriles is 1. The summed E-state index contributed by atoms with van der Waals surface area (Å²) >= 11 is 6.23. The molecule has 9 heteroatoms. The minimum atomic E-state index is -0.0836. The van der Waals surface area contributed by atoms with Gasteiger partial charge in [-0.1, -0.05) is 29.8 Å². The normalized spacial score (nSPS) is 12.3. The summed E-state index contributed by atoms with van der Waals surface area (Å²) < 4.78 is 0. The fourth-order valence-electron chi connectivity index (χ4n) is 3.96. The van der Waals surface area contributed by atoms with Crippen molar-refractivity contribution in [3.63, 3.8) is 0 Å². The number of aromatic amines is 1. The SMILES string of the molecule is N#Cc1cc(-c2ccnc(Nc3cn[nH]c3)n2)cc2c1N(C(=O)Cc1ccccc1Cl)CC2. The number of hydrogen-bond acceptors (Lipinski definition) is 6. The zero-order chi connectivity index (χ0) is 22.8. The number of anilines is 3. The molecule has 0 unspecified atom stereocenters. The molecule has 0 atom stereocenters. The molecule has 2 aromatic heterocycles. The van der Waals surface area contributed by atoms with Gasteiger partial charge in [0, 0.05) is 29.5 Å². The summed E-state index contributed by atoms with van der Waals surface area (Å²) in [5.41, 5.74) is 5.04. The summed E-state index contributed by atoms with van der Waals surface area (Å²) in [7, 11) is 0. The summed E-state index contributed by atoms with van der Waals surface area (Å²) in [6.45, 7) is 0.522. The van der Waals surface area contributed by atoms with Crippen LogP contribution in [0.25, 0.3) is 11.3 Å². The lowest BCUT2D eigenvalue weighted by molar-refractivity contribution is -0.117. The van der Waals surface area contributed by atoms with Crippen LogP contribution in [0.5, 0.6) is 0 Å². The molecule has 4 aromatic rings. The van der Waals surface area contributed by atoms with Crippen molar-refractivity contribution < 1.29 is 4.79 Å². The van der Waals surface area contributed by atoms with E-state index in [-0.39, 0.29) is 12.3 Å². The number of aromatic nitrogens is 4. The molecule has 1 amide bonds. The van der Waals surface area contributed by atoms with E-state index in [4.69, 9.17) is 11.6 Å². The molecule has 0 saturated heterocycles. The summed E-state index contributed by atoms with van der Waals surface area (Å²) in [6, 6.07) is 15.1. The Labute approximate surface area is 194 Å². The Kier molecular flexibility index (Phi) is 5.47. The van der Waals surface area contributed by atoms with E-state index in [1.807, 2.05) is 24.3 Å². The van der Waals surface area contributed by atoms with Crippen molar-refractivity contribution in [2.45, 2.75) is 12.8 Å². The van der Waals surface area contributed by atoms with Gasteiger partial charge in [-0.2, -0.15) is 10.4 Å². The van der Waals surface area contributed by atoms with Crippen molar-refractivity contribution in [3.05, 3.63) is 82.8 Å². The van der Waals surface area contributed by atoms with Crippen molar-refractivity contribution in [2.24, 2.45) is 0 Å². The molecule has 2 aromatic carbocycles. The van der Waals surface area contributed by atoms with Gasteiger partial charge in [0.25, 0.3) is 0 Å². The highest BCUT2D eigenvalue weighted by molar-refractivity contribution is 6.31.